The number of aliphatic hydroxyl groups is 3. The molecule has 0 saturated heterocycles. The normalized spacial score (nSPS) is 32.0. The van der Waals surface area contributed by atoms with Crippen LogP contribution in [0.3, 0.4) is 0 Å². The van der Waals surface area contributed by atoms with E-state index in [1.807, 2.05) is 6.92 Å². The number of rotatable bonds is 13. The lowest BCUT2D eigenvalue weighted by molar-refractivity contribution is -0.146. The van der Waals surface area contributed by atoms with Gasteiger partial charge in [0.25, 0.3) is 0 Å². The van der Waals surface area contributed by atoms with Gasteiger partial charge in [-0.1, -0.05) is 19.1 Å². The smallest absolute Gasteiger partial charge is 0.322 e. The third-order valence-electron chi connectivity index (χ3n) is 7.34. The Kier molecular flexibility index (Phi) is 12.9. The standard InChI is InChI=1S/C27H43NO8/c1-3-10-36-27(34)23(28)12-19-13-25(33)26(35-2)14-18(19)6-8-22(31)15-21(30)7-4-17-5-9-24(32)20(11-17)16-29/h4,6-8,17-20,23-26,29,32-33H,3,5,9-16,28H2,1-2H3/b7-4+,8-6+/t17?,18?,19?,20?,23-,24?,25?,26?/m0/s1. The molecule has 0 heterocycles. The molecule has 0 aliphatic heterocycles. The average molecular weight is 510 g/mol. The number of aliphatic hydroxyl groups excluding tert-OH is 3. The van der Waals surface area contributed by atoms with E-state index in [0.29, 0.717) is 45.1 Å². The van der Waals surface area contributed by atoms with Crippen molar-refractivity contribution in [3.63, 3.8) is 0 Å². The maximum absolute atomic E-state index is 12.5. The second-order valence-electron chi connectivity index (χ2n) is 10.2. The van der Waals surface area contributed by atoms with E-state index in [2.05, 4.69) is 0 Å². The summed E-state index contributed by atoms with van der Waals surface area (Å²) < 4.78 is 10.5. The molecule has 204 valence electrons. The molecule has 0 spiro atoms. The van der Waals surface area contributed by atoms with Crippen LogP contribution in [0.5, 0.6) is 0 Å². The van der Waals surface area contributed by atoms with Crippen LogP contribution in [0.2, 0.25) is 0 Å². The van der Waals surface area contributed by atoms with Gasteiger partial charge in [-0.25, -0.2) is 0 Å². The van der Waals surface area contributed by atoms with Gasteiger partial charge in [0.1, 0.15) is 6.04 Å². The minimum atomic E-state index is -0.822. The molecule has 9 nitrogen and oxygen atoms in total. The molecule has 2 fully saturated rings. The van der Waals surface area contributed by atoms with Crippen molar-refractivity contribution in [2.75, 3.05) is 20.3 Å². The van der Waals surface area contributed by atoms with Crippen LogP contribution in [0.4, 0.5) is 0 Å². The number of ether oxygens (including phenoxy) is 2. The SMILES string of the molecule is CCCOC(=O)[C@@H](N)CC1CC(O)C(OC)CC1/C=C/C(=O)CC(=O)/C=C/C1CCC(O)C(CO)C1. The molecule has 2 aliphatic rings. The summed E-state index contributed by atoms with van der Waals surface area (Å²) in [5, 5.41) is 29.6. The number of hydrogen-bond donors (Lipinski definition) is 4. The van der Waals surface area contributed by atoms with Crippen LogP contribution >= 0.6 is 0 Å². The number of carbonyl (C=O) groups excluding carboxylic acids is 3. The third kappa shape index (κ3) is 9.52. The lowest BCUT2D eigenvalue weighted by atomic mass is 9.73. The molecule has 0 aromatic carbocycles. The van der Waals surface area contributed by atoms with Crippen molar-refractivity contribution in [1.29, 1.82) is 0 Å². The van der Waals surface area contributed by atoms with Gasteiger partial charge in [-0.15, -0.1) is 0 Å². The van der Waals surface area contributed by atoms with E-state index in [9.17, 15) is 29.7 Å². The van der Waals surface area contributed by atoms with Gasteiger partial charge in [-0.2, -0.15) is 0 Å². The Balaban J connectivity index is 1.94. The van der Waals surface area contributed by atoms with Crippen molar-refractivity contribution >= 4 is 17.5 Å². The van der Waals surface area contributed by atoms with Gasteiger partial charge < -0.3 is 30.5 Å². The van der Waals surface area contributed by atoms with E-state index in [1.165, 1.54) is 19.3 Å². The summed E-state index contributed by atoms with van der Waals surface area (Å²) in [5.74, 6) is -1.50. The largest absolute Gasteiger partial charge is 0.465 e. The highest BCUT2D eigenvalue weighted by Crippen LogP contribution is 2.36. The lowest BCUT2D eigenvalue weighted by Gasteiger charge is -2.38. The summed E-state index contributed by atoms with van der Waals surface area (Å²) in [6.07, 6.45) is 8.24. The van der Waals surface area contributed by atoms with Gasteiger partial charge in [0.2, 0.25) is 0 Å². The molecule has 5 N–H and O–H groups in total. The Morgan fingerprint density at radius 2 is 1.69 bits per heavy atom. The van der Waals surface area contributed by atoms with Gasteiger partial charge >= 0.3 is 5.97 Å². The Bertz CT molecular complexity index is 782. The van der Waals surface area contributed by atoms with Crippen molar-refractivity contribution in [3.05, 3.63) is 24.3 Å². The zero-order chi connectivity index (χ0) is 26.7. The molecule has 36 heavy (non-hydrogen) atoms. The predicted molar refractivity (Wildman–Crippen MR) is 134 cm³/mol. The first-order chi connectivity index (χ1) is 17.2. The second kappa shape index (κ2) is 15.4. The molecular weight excluding hydrogens is 466 g/mol. The minimum absolute atomic E-state index is 0.0866. The third-order valence-corrected chi connectivity index (χ3v) is 7.34. The van der Waals surface area contributed by atoms with E-state index in [0.717, 1.165) is 6.42 Å². The first kappa shape index (κ1) is 30.3. The fourth-order valence-corrected chi connectivity index (χ4v) is 5.17. The lowest BCUT2D eigenvalue weighted by Crippen LogP contribution is -2.43. The molecule has 2 aliphatic carbocycles. The molecule has 0 amide bonds. The van der Waals surface area contributed by atoms with E-state index in [-0.39, 0.29) is 48.3 Å². The summed E-state index contributed by atoms with van der Waals surface area (Å²) >= 11 is 0. The Hall–Kier alpha value is -1.91. The van der Waals surface area contributed by atoms with Gasteiger partial charge in [0.15, 0.2) is 11.6 Å². The number of methoxy groups -OCH3 is 1. The Morgan fingerprint density at radius 1 is 1.00 bits per heavy atom. The van der Waals surface area contributed by atoms with Crippen LogP contribution in [0.15, 0.2) is 24.3 Å². The van der Waals surface area contributed by atoms with Crippen molar-refractivity contribution < 1.29 is 39.2 Å². The predicted octanol–water partition coefficient (Wildman–Crippen LogP) is 1.47. The topological polar surface area (TPSA) is 156 Å². The first-order valence-electron chi connectivity index (χ1n) is 13.0. The van der Waals surface area contributed by atoms with Crippen LogP contribution in [-0.4, -0.2) is 77.5 Å². The van der Waals surface area contributed by atoms with E-state index >= 15 is 0 Å². The van der Waals surface area contributed by atoms with Crippen molar-refractivity contribution in [2.24, 2.45) is 29.4 Å². The summed E-state index contributed by atoms with van der Waals surface area (Å²) in [6.45, 7) is 2.11. The van der Waals surface area contributed by atoms with Gasteiger partial charge in [-0.05, 0) is 74.9 Å². The number of hydrogen-bond acceptors (Lipinski definition) is 9. The van der Waals surface area contributed by atoms with Crippen LogP contribution in [0.25, 0.3) is 0 Å². The molecular formula is C27H43NO8. The van der Waals surface area contributed by atoms with Crippen LogP contribution in [-0.2, 0) is 23.9 Å². The fourth-order valence-electron chi connectivity index (χ4n) is 5.17. The molecule has 9 heteroatoms. The highest BCUT2D eigenvalue weighted by Gasteiger charge is 2.37. The van der Waals surface area contributed by atoms with Crippen LogP contribution in [0, 0.1) is 23.7 Å². The van der Waals surface area contributed by atoms with Crippen molar-refractivity contribution in [1.82, 2.24) is 0 Å². The molecule has 2 saturated carbocycles. The van der Waals surface area contributed by atoms with E-state index in [1.54, 1.807) is 12.2 Å². The molecule has 2 rings (SSSR count). The number of carbonyl (C=O) groups is 3. The summed E-state index contributed by atoms with van der Waals surface area (Å²) in [6, 6.07) is -0.822. The zero-order valence-electron chi connectivity index (χ0n) is 21.5. The summed E-state index contributed by atoms with van der Waals surface area (Å²) in [4.78, 5) is 36.9. The number of ketones is 2. The number of nitrogens with two attached hydrogens (primary N) is 1. The van der Waals surface area contributed by atoms with Crippen molar-refractivity contribution in [2.45, 2.75) is 82.6 Å². The Labute approximate surface area is 213 Å². The zero-order valence-corrected chi connectivity index (χ0v) is 21.5. The highest BCUT2D eigenvalue weighted by molar-refractivity contribution is 6.08. The van der Waals surface area contributed by atoms with Gasteiger partial charge in [0, 0.05) is 19.6 Å². The average Bonchev–Trinajstić information content (AvgIpc) is 2.86. The molecule has 0 aromatic heterocycles. The monoisotopic (exact) mass is 509 g/mol. The maximum atomic E-state index is 12.5. The van der Waals surface area contributed by atoms with E-state index in [4.69, 9.17) is 15.2 Å². The quantitative estimate of drug-likeness (QED) is 0.164. The van der Waals surface area contributed by atoms with E-state index < -0.39 is 30.3 Å². The molecule has 0 aromatic rings. The Morgan fingerprint density at radius 3 is 2.33 bits per heavy atom. The van der Waals surface area contributed by atoms with Crippen molar-refractivity contribution in [3.8, 4) is 0 Å². The fraction of sp³-hybridized carbons (Fsp3) is 0.741. The van der Waals surface area contributed by atoms with Crippen LogP contribution < -0.4 is 5.73 Å². The van der Waals surface area contributed by atoms with Crippen LogP contribution in [0.1, 0.15) is 58.3 Å². The minimum Gasteiger partial charge on any atom is -0.465 e. The molecule has 8 atom stereocenters. The molecule has 0 bridgehead atoms. The number of allylic oxidation sites excluding steroid dienone is 4. The second-order valence-corrected chi connectivity index (χ2v) is 10.2. The number of esters is 1. The molecule has 7 unspecified atom stereocenters. The summed E-state index contributed by atoms with van der Waals surface area (Å²) in [7, 11) is 1.52. The highest BCUT2D eigenvalue weighted by atomic mass is 16.5. The first-order valence-corrected chi connectivity index (χ1v) is 13.0. The van der Waals surface area contributed by atoms with Gasteiger partial charge in [0.05, 0.1) is 31.3 Å². The summed E-state index contributed by atoms with van der Waals surface area (Å²) in [5.41, 5.74) is 6.05. The maximum Gasteiger partial charge on any atom is 0.322 e. The van der Waals surface area contributed by atoms with Gasteiger partial charge in [-0.3, -0.25) is 14.4 Å². The molecule has 0 radical (unpaired) electrons.